The van der Waals surface area contributed by atoms with E-state index in [1.165, 1.54) is 17.4 Å². The minimum absolute atomic E-state index is 0.0143. The molecule has 2 heterocycles. The number of hydrogen-bond acceptors (Lipinski definition) is 3. The highest BCUT2D eigenvalue weighted by Gasteiger charge is 2.13. The average molecular weight is 197 g/mol. The van der Waals surface area contributed by atoms with Gasteiger partial charge in [0.25, 0.3) is 0 Å². The number of nitrogens with one attached hydrogen (secondary N) is 1. The van der Waals surface area contributed by atoms with Gasteiger partial charge in [-0.1, -0.05) is 0 Å². The molecule has 0 spiro atoms. The molecule has 0 radical (unpaired) electrons. The van der Waals surface area contributed by atoms with Gasteiger partial charge in [-0.25, -0.2) is 0 Å². The molecule has 3 nitrogen and oxygen atoms in total. The fourth-order valence-corrected chi connectivity index (χ4v) is 2.48. The molecule has 1 aromatic rings. The topological polar surface area (TPSA) is 38.3 Å². The lowest BCUT2D eigenvalue weighted by Crippen LogP contribution is -2.06. The van der Waals surface area contributed by atoms with Gasteiger partial charge in [-0.3, -0.25) is 4.79 Å². The van der Waals surface area contributed by atoms with E-state index in [1.807, 2.05) is 6.07 Å². The third kappa shape index (κ3) is 1.89. The molecule has 2 rings (SSSR count). The number of thiophene rings is 1. The highest BCUT2D eigenvalue weighted by molar-refractivity contribution is 7.16. The first-order chi connectivity index (χ1) is 6.25. The largest absolute Gasteiger partial charge is 0.376 e. The lowest BCUT2D eigenvalue weighted by molar-refractivity contribution is -0.114. The van der Waals surface area contributed by atoms with Crippen molar-refractivity contribution in [2.24, 2.45) is 0 Å². The Morgan fingerprint density at radius 1 is 1.69 bits per heavy atom. The van der Waals surface area contributed by atoms with E-state index in [0.29, 0.717) is 6.61 Å². The van der Waals surface area contributed by atoms with Crippen molar-refractivity contribution in [1.29, 1.82) is 0 Å². The maximum atomic E-state index is 10.8. The molecule has 0 saturated heterocycles. The Morgan fingerprint density at radius 3 is 3.23 bits per heavy atom. The molecule has 0 bridgehead atoms. The first-order valence-corrected chi connectivity index (χ1v) is 5.04. The molecule has 0 atom stereocenters. The summed E-state index contributed by atoms with van der Waals surface area (Å²) < 4.78 is 5.31. The Labute approximate surface area is 80.7 Å². The van der Waals surface area contributed by atoms with E-state index in [9.17, 15) is 4.79 Å². The maximum Gasteiger partial charge on any atom is 0.221 e. The van der Waals surface area contributed by atoms with Gasteiger partial charge in [0.2, 0.25) is 5.91 Å². The highest BCUT2D eigenvalue weighted by Crippen LogP contribution is 2.30. The Kier molecular flexibility index (Phi) is 2.33. The summed E-state index contributed by atoms with van der Waals surface area (Å²) in [7, 11) is 0. The van der Waals surface area contributed by atoms with Crippen molar-refractivity contribution in [3.05, 3.63) is 16.5 Å². The van der Waals surface area contributed by atoms with Crippen LogP contribution < -0.4 is 5.32 Å². The van der Waals surface area contributed by atoms with Gasteiger partial charge in [0, 0.05) is 11.8 Å². The number of anilines is 1. The average Bonchev–Trinajstić information content (AvgIpc) is 2.44. The monoisotopic (exact) mass is 197 g/mol. The van der Waals surface area contributed by atoms with Gasteiger partial charge in [-0.05, 0) is 18.1 Å². The molecule has 0 fully saturated rings. The molecule has 0 aliphatic carbocycles. The predicted molar refractivity (Wildman–Crippen MR) is 52.0 cm³/mol. The second-order valence-electron chi connectivity index (χ2n) is 3.04. The van der Waals surface area contributed by atoms with E-state index in [4.69, 9.17) is 4.74 Å². The first kappa shape index (κ1) is 8.72. The molecule has 4 heteroatoms. The second kappa shape index (κ2) is 3.47. The molecule has 0 unspecified atom stereocenters. The van der Waals surface area contributed by atoms with Crippen molar-refractivity contribution in [2.45, 2.75) is 20.0 Å². The normalized spacial score (nSPS) is 15.2. The number of hydrogen-bond donors (Lipinski definition) is 1. The van der Waals surface area contributed by atoms with Crippen molar-refractivity contribution < 1.29 is 9.53 Å². The SMILES string of the molecule is CC(=O)Nc1cc2c(s1)COCC2. The van der Waals surface area contributed by atoms with Crippen LogP contribution >= 0.6 is 11.3 Å². The standard InChI is InChI=1S/C9H11NO2S/c1-6(11)10-9-4-7-2-3-12-5-8(7)13-9/h4H,2-3,5H2,1H3,(H,10,11). The van der Waals surface area contributed by atoms with Crippen LogP contribution in [0.4, 0.5) is 5.00 Å². The molecule has 1 N–H and O–H groups in total. The number of rotatable bonds is 1. The zero-order chi connectivity index (χ0) is 9.26. The fourth-order valence-electron chi connectivity index (χ4n) is 1.38. The molecule has 1 amide bonds. The zero-order valence-electron chi connectivity index (χ0n) is 7.42. The van der Waals surface area contributed by atoms with Gasteiger partial charge >= 0.3 is 0 Å². The van der Waals surface area contributed by atoms with Crippen LogP contribution in [0, 0.1) is 0 Å². The van der Waals surface area contributed by atoms with Crippen molar-refractivity contribution in [2.75, 3.05) is 11.9 Å². The Hall–Kier alpha value is -0.870. The fraction of sp³-hybridized carbons (Fsp3) is 0.444. The highest BCUT2D eigenvalue weighted by atomic mass is 32.1. The smallest absolute Gasteiger partial charge is 0.221 e. The number of amides is 1. The minimum atomic E-state index is -0.0143. The number of ether oxygens (including phenoxy) is 1. The van der Waals surface area contributed by atoms with E-state index in [-0.39, 0.29) is 5.91 Å². The van der Waals surface area contributed by atoms with Crippen molar-refractivity contribution in [1.82, 2.24) is 0 Å². The van der Waals surface area contributed by atoms with Crippen LogP contribution in [0.2, 0.25) is 0 Å². The molecule has 70 valence electrons. The van der Waals surface area contributed by atoms with Crippen molar-refractivity contribution in [3.63, 3.8) is 0 Å². The van der Waals surface area contributed by atoms with Crippen LogP contribution in [0.5, 0.6) is 0 Å². The van der Waals surface area contributed by atoms with E-state index < -0.39 is 0 Å². The van der Waals surface area contributed by atoms with Gasteiger partial charge in [-0.15, -0.1) is 11.3 Å². The predicted octanol–water partition coefficient (Wildman–Crippen LogP) is 1.78. The lowest BCUT2D eigenvalue weighted by atomic mass is 10.2. The van der Waals surface area contributed by atoms with Crippen LogP contribution in [0.25, 0.3) is 0 Å². The number of carbonyl (C=O) groups excluding carboxylic acids is 1. The summed E-state index contributed by atoms with van der Waals surface area (Å²) in [6.07, 6.45) is 0.964. The Balaban J connectivity index is 2.20. The minimum Gasteiger partial charge on any atom is -0.376 e. The molecular formula is C9H11NO2S. The Bertz CT molecular complexity index is 309. The molecule has 1 aliphatic heterocycles. The third-order valence-electron chi connectivity index (χ3n) is 1.94. The number of carbonyl (C=O) groups is 1. The van der Waals surface area contributed by atoms with Gasteiger partial charge in [0.15, 0.2) is 0 Å². The summed E-state index contributed by atoms with van der Waals surface area (Å²) in [6.45, 7) is 3.01. The van der Waals surface area contributed by atoms with Crippen molar-refractivity contribution >= 4 is 22.2 Å². The van der Waals surface area contributed by atoms with Gasteiger partial charge < -0.3 is 10.1 Å². The van der Waals surface area contributed by atoms with Crippen LogP contribution in [0.15, 0.2) is 6.07 Å². The summed E-state index contributed by atoms with van der Waals surface area (Å²) in [5.41, 5.74) is 1.32. The molecule has 0 aromatic carbocycles. The maximum absolute atomic E-state index is 10.8. The summed E-state index contributed by atoms with van der Waals surface area (Å²) in [6, 6.07) is 2.05. The van der Waals surface area contributed by atoms with Gasteiger partial charge in [0.05, 0.1) is 18.2 Å². The summed E-state index contributed by atoms with van der Waals surface area (Å²) >= 11 is 1.61. The first-order valence-electron chi connectivity index (χ1n) is 4.22. The molecular weight excluding hydrogens is 186 g/mol. The van der Waals surface area contributed by atoms with Gasteiger partial charge in [-0.2, -0.15) is 0 Å². The van der Waals surface area contributed by atoms with Crippen molar-refractivity contribution in [3.8, 4) is 0 Å². The third-order valence-corrected chi connectivity index (χ3v) is 3.01. The van der Waals surface area contributed by atoms with Crippen LogP contribution in [-0.2, 0) is 22.6 Å². The quantitative estimate of drug-likeness (QED) is 0.745. The van der Waals surface area contributed by atoms with E-state index >= 15 is 0 Å². The van der Waals surface area contributed by atoms with Crippen LogP contribution in [0.1, 0.15) is 17.4 Å². The molecule has 1 aromatic heterocycles. The zero-order valence-corrected chi connectivity index (χ0v) is 8.24. The summed E-state index contributed by atoms with van der Waals surface area (Å²) in [4.78, 5) is 12.0. The van der Waals surface area contributed by atoms with Crippen LogP contribution in [-0.4, -0.2) is 12.5 Å². The van der Waals surface area contributed by atoms with Crippen LogP contribution in [0.3, 0.4) is 0 Å². The van der Waals surface area contributed by atoms with E-state index in [0.717, 1.165) is 18.0 Å². The molecule has 0 saturated carbocycles. The molecule has 1 aliphatic rings. The number of fused-ring (bicyclic) bond motifs is 1. The van der Waals surface area contributed by atoms with Gasteiger partial charge in [0.1, 0.15) is 0 Å². The summed E-state index contributed by atoms with van der Waals surface area (Å²) in [5.74, 6) is -0.0143. The summed E-state index contributed by atoms with van der Waals surface area (Å²) in [5, 5.41) is 3.72. The Morgan fingerprint density at radius 2 is 2.54 bits per heavy atom. The lowest BCUT2D eigenvalue weighted by Gasteiger charge is -2.10. The molecule has 13 heavy (non-hydrogen) atoms. The van der Waals surface area contributed by atoms with E-state index in [2.05, 4.69) is 5.32 Å². The second-order valence-corrected chi connectivity index (χ2v) is 4.18. The van der Waals surface area contributed by atoms with E-state index in [1.54, 1.807) is 11.3 Å².